The monoisotopic (exact) mass is 231 g/mol. The molecule has 0 atom stereocenters. The second kappa shape index (κ2) is 7.14. The summed E-state index contributed by atoms with van der Waals surface area (Å²) in [5.41, 5.74) is 0.148. The Morgan fingerprint density at radius 1 is 1.19 bits per heavy atom. The van der Waals surface area contributed by atoms with Crippen LogP contribution in [0.4, 0.5) is 14.5 Å². The van der Waals surface area contributed by atoms with Crippen molar-refractivity contribution in [3.05, 3.63) is 29.8 Å². The van der Waals surface area contributed by atoms with Gasteiger partial charge >= 0.3 is 0 Å². The van der Waals surface area contributed by atoms with Crippen molar-refractivity contribution in [2.75, 3.05) is 38.8 Å². The third-order valence-electron chi connectivity index (χ3n) is 1.92. The van der Waals surface area contributed by atoms with Crippen LogP contribution in [0.25, 0.3) is 0 Å². The number of benzene rings is 1. The summed E-state index contributed by atoms with van der Waals surface area (Å²) in [4.78, 5) is 0. The lowest BCUT2D eigenvalue weighted by atomic mass is 10.3. The van der Waals surface area contributed by atoms with Crippen molar-refractivity contribution in [2.24, 2.45) is 0 Å². The highest BCUT2D eigenvalue weighted by atomic mass is 19.1. The van der Waals surface area contributed by atoms with Gasteiger partial charge in [-0.05, 0) is 18.2 Å². The fourth-order valence-electron chi connectivity index (χ4n) is 1.14. The van der Waals surface area contributed by atoms with E-state index >= 15 is 0 Å². The van der Waals surface area contributed by atoms with E-state index in [0.717, 1.165) is 18.2 Å². The Kier molecular flexibility index (Phi) is 5.74. The Morgan fingerprint density at radius 3 is 2.75 bits per heavy atom. The van der Waals surface area contributed by atoms with E-state index in [1.54, 1.807) is 7.11 Å². The van der Waals surface area contributed by atoms with Crippen LogP contribution < -0.4 is 5.32 Å². The summed E-state index contributed by atoms with van der Waals surface area (Å²) in [7, 11) is 1.59. The fourth-order valence-corrected chi connectivity index (χ4v) is 1.14. The average molecular weight is 231 g/mol. The minimum Gasteiger partial charge on any atom is -0.382 e. The van der Waals surface area contributed by atoms with Gasteiger partial charge in [-0.15, -0.1) is 0 Å². The molecule has 0 bridgehead atoms. The fraction of sp³-hybridized carbons (Fsp3) is 0.455. The molecule has 0 radical (unpaired) electrons. The Labute approximate surface area is 93.4 Å². The maximum Gasteiger partial charge on any atom is 0.146 e. The summed E-state index contributed by atoms with van der Waals surface area (Å²) >= 11 is 0. The van der Waals surface area contributed by atoms with Crippen LogP contribution in [0.2, 0.25) is 0 Å². The number of nitrogens with one attached hydrogen (secondary N) is 1. The van der Waals surface area contributed by atoms with Gasteiger partial charge in [0.15, 0.2) is 0 Å². The molecule has 0 fully saturated rings. The molecular formula is C11H15F2NO2. The first-order valence-corrected chi connectivity index (χ1v) is 4.99. The molecule has 0 unspecified atom stereocenters. The maximum atomic E-state index is 13.1. The highest BCUT2D eigenvalue weighted by Crippen LogP contribution is 2.14. The van der Waals surface area contributed by atoms with Crippen molar-refractivity contribution >= 4 is 5.69 Å². The number of anilines is 1. The van der Waals surface area contributed by atoms with Gasteiger partial charge < -0.3 is 14.8 Å². The van der Waals surface area contributed by atoms with E-state index < -0.39 is 11.6 Å². The van der Waals surface area contributed by atoms with Gasteiger partial charge in [0.1, 0.15) is 11.6 Å². The summed E-state index contributed by atoms with van der Waals surface area (Å²) < 4.78 is 35.8. The topological polar surface area (TPSA) is 30.5 Å². The molecule has 0 aliphatic rings. The zero-order valence-electron chi connectivity index (χ0n) is 9.13. The first-order valence-electron chi connectivity index (χ1n) is 4.99. The Balaban J connectivity index is 2.23. The molecule has 1 rings (SSSR count). The van der Waals surface area contributed by atoms with Crippen molar-refractivity contribution in [3.8, 4) is 0 Å². The lowest BCUT2D eigenvalue weighted by Crippen LogP contribution is -2.12. The van der Waals surface area contributed by atoms with Crippen LogP contribution in [-0.4, -0.2) is 33.5 Å². The van der Waals surface area contributed by atoms with Gasteiger partial charge in [0, 0.05) is 13.7 Å². The van der Waals surface area contributed by atoms with Crippen LogP contribution in [0.1, 0.15) is 0 Å². The van der Waals surface area contributed by atoms with Gasteiger partial charge in [0.25, 0.3) is 0 Å². The number of hydrogen-bond donors (Lipinski definition) is 1. The summed E-state index contributed by atoms with van der Waals surface area (Å²) in [5.74, 6) is -0.942. The predicted molar refractivity (Wildman–Crippen MR) is 57.5 cm³/mol. The summed E-state index contributed by atoms with van der Waals surface area (Å²) in [6.07, 6.45) is 0. The molecule has 1 aromatic rings. The largest absolute Gasteiger partial charge is 0.382 e. The van der Waals surface area contributed by atoms with Gasteiger partial charge in [0.2, 0.25) is 0 Å². The summed E-state index contributed by atoms with van der Waals surface area (Å²) in [5, 5.41) is 2.75. The second-order valence-electron chi connectivity index (χ2n) is 3.16. The van der Waals surface area contributed by atoms with Gasteiger partial charge in [-0.2, -0.15) is 0 Å². The predicted octanol–water partition coefficient (Wildman–Crippen LogP) is 2.04. The zero-order valence-corrected chi connectivity index (χ0v) is 9.13. The van der Waals surface area contributed by atoms with E-state index in [1.165, 1.54) is 0 Å². The molecule has 0 saturated heterocycles. The molecule has 0 amide bonds. The third kappa shape index (κ3) is 4.55. The standard InChI is InChI=1S/C11H15F2NO2/c1-15-6-7-16-5-4-14-11-8-9(12)2-3-10(11)13/h2-3,8,14H,4-7H2,1H3. The number of ether oxygens (including phenoxy) is 2. The Morgan fingerprint density at radius 2 is 2.00 bits per heavy atom. The molecule has 0 spiro atoms. The second-order valence-corrected chi connectivity index (χ2v) is 3.16. The van der Waals surface area contributed by atoms with E-state index in [2.05, 4.69) is 5.32 Å². The molecule has 0 aliphatic carbocycles. The van der Waals surface area contributed by atoms with E-state index in [-0.39, 0.29) is 5.69 Å². The van der Waals surface area contributed by atoms with Crippen molar-refractivity contribution in [3.63, 3.8) is 0 Å². The van der Waals surface area contributed by atoms with Gasteiger partial charge in [-0.25, -0.2) is 8.78 Å². The molecule has 1 N–H and O–H groups in total. The molecule has 90 valence electrons. The van der Waals surface area contributed by atoms with Crippen molar-refractivity contribution in [1.29, 1.82) is 0 Å². The number of methoxy groups -OCH3 is 1. The molecule has 0 aromatic heterocycles. The molecule has 3 nitrogen and oxygen atoms in total. The molecule has 5 heteroatoms. The van der Waals surface area contributed by atoms with Gasteiger partial charge in [-0.1, -0.05) is 0 Å². The number of rotatable bonds is 7. The first kappa shape index (κ1) is 12.9. The van der Waals surface area contributed by atoms with E-state index in [9.17, 15) is 8.78 Å². The van der Waals surface area contributed by atoms with Crippen LogP contribution in [0.5, 0.6) is 0 Å². The molecule has 0 saturated carbocycles. The Bertz CT molecular complexity index is 321. The van der Waals surface area contributed by atoms with Gasteiger partial charge in [-0.3, -0.25) is 0 Å². The Hall–Kier alpha value is -1.20. The molecule has 0 aliphatic heterocycles. The number of hydrogen-bond acceptors (Lipinski definition) is 3. The minimum atomic E-state index is -0.474. The van der Waals surface area contributed by atoms with Crippen molar-refractivity contribution < 1.29 is 18.3 Å². The lowest BCUT2D eigenvalue weighted by Gasteiger charge is -2.08. The van der Waals surface area contributed by atoms with Crippen LogP contribution in [-0.2, 0) is 9.47 Å². The molecule has 1 aromatic carbocycles. The highest BCUT2D eigenvalue weighted by molar-refractivity contribution is 5.44. The highest BCUT2D eigenvalue weighted by Gasteiger charge is 2.02. The smallest absolute Gasteiger partial charge is 0.146 e. The van der Waals surface area contributed by atoms with Crippen molar-refractivity contribution in [2.45, 2.75) is 0 Å². The summed E-state index contributed by atoms with van der Waals surface area (Å²) in [6.45, 7) is 1.85. The molecule has 16 heavy (non-hydrogen) atoms. The van der Waals surface area contributed by atoms with Crippen molar-refractivity contribution in [1.82, 2.24) is 0 Å². The van der Waals surface area contributed by atoms with Crippen LogP contribution in [0, 0.1) is 11.6 Å². The normalized spacial score (nSPS) is 10.4. The van der Waals surface area contributed by atoms with Gasteiger partial charge in [0.05, 0.1) is 25.5 Å². The SMILES string of the molecule is COCCOCCNc1cc(F)ccc1F. The van der Waals surface area contributed by atoms with E-state index in [4.69, 9.17) is 9.47 Å². The molecule has 0 heterocycles. The average Bonchev–Trinajstić information content (AvgIpc) is 2.28. The summed E-state index contributed by atoms with van der Waals surface area (Å²) in [6, 6.07) is 3.28. The minimum absolute atomic E-state index is 0.148. The van der Waals surface area contributed by atoms with Crippen LogP contribution >= 0.6 is 0 Å². The first-order chi connectivity index (χ1) is 7.74. The maximum absolute atomic E-state index is 13.1. The number of halogens is 2. The van der Waals surface area contributed by atoms with Crippen LogP contribution in [0.3, 0.4) is 0 Å². The quantitative estimate of drug-likeness (QED) is 0.728. The van der Waals surface area contributed by atoms with Crippen LogP contribution in [0.15, 0.2) is 18.2 Å². The zero-order chi connectivity index (χ0) is 11.8. The lowest BCUT2D eigenvalue weighted by molar-refractivity contribution is 0.0759. The van der Waals surface area contributed by atoms with E-state index in [1.807, 2.05) is 0 Å². The molecular weight excluding hydrogens is 216 g/mol. The van der Waals surface area contributed by atoms with E-state index in [0.29, 0.717) is 26.4 Å². The third-order valence-corrected chi connectivity index (χ3v) is 1.92.